The van der Waals surface area contributed by atoms with Crippen molar-refractivity contribution in [1.82, 2.24) is 15.8 Å². The van der Waals surface area contributed by atoms with Gasteiger partial charge in [0, 0.05) is 7.05 Å². The number of nitrogens with zero attached hydrogens (tertiary/aromatic N) is 2. The van der Waals surface area contributed by atoms with E-state index in [2.05, 4.69) is 10.7 Å². The first-order valence-electron chi connectivity index (χ1n) is 8.51. The number of nitrogens with one attached hydrogen (secondary N) is 2. The molecule has 1 atom stereocenters. The van der Waals surface area contributed by atoms with Gasteiger partial charge in [-0.1, -0.05) is 6.07 Å². The van der Waals surface area contributed by atoms with Crippen molar-refractivity contribution in [2.45, 2.75) is 24.9 Å². The third kappa shape index (κ3) is 4.18. The topological polar surface area (TPSA) is 115 Å². The minimum absolute atomic E-state index is 0. The molecule has 0 radical (unpaired) electrons. The average molecular weight is 411 g/mol. The van der Waals surface area contributed by atoms with Gasteiger partial charge in [-0.15, -0.1) is 12.4 Å². The van der Waals surface area contributed by atoms with Crippen LogP contribution < -0.4 is 10.7 Å². The van der Waals surface area contributed by atoms with Crippen LogP contribution in [0.15, 0.2) is 29.7 Å². The molecule has 2 aliphatic heterocycles. The molecule has 2 aliphatic rings. The fourth-order valence-electron chi connectivity index (χ4n) is 3.28. The molecule has 1 unspecified atom stereocenters. The maximum absolute atomic E-state index is 14.1. The SMILES string of the molecule is CN1NC(=O)C(c2ccc(C#N)c(F)c2)C(OC2CCNCC2)=C1C(=O)O.Cl. The summed E-state index contributed by atoms with van der Waals surface area (Å²) in [6.45, 7) is 1.44. The van der Waals surface area contributed by atoms with Crippen LogP contribution in [0.2, 0.25) is 0 Å². The number of hydrogen-bond donors (Lipinski definition) is 3. The third-order valence-corrected chi connectivity index (χ3v) is 4.60. The van der Waals surface area contributed by atoms with Crippen molar-refractivity contribution in [3.8, 4) is 6.07 Å². The number of carbonyl (C=O) groups is 2. The Morgan fingerprint density at radius 1 is 1.39 bits per heavy atom. The van der Waals surface area contributed by atoms with Crippen LogP contribution in [0.1, 0.15) is 29.9 Å². The number of carbonyl (C=O) groups excluding carboxylic acids is 1. The Balaban J connectivity index is 0.00000280. The van der Waals surface area contributed by atoms with E-state index in [1.165, 1.54) is 19.2 Å². The maximum atomic E-state index is 14.1. The van der Waals surface area contributed by atoms with Crippen LogP contribution in [0.25, 0.3) is 0 Å². The minimum Gasteiger partial charge on any atom is -0.491 e. The number of rotatable bonds is 4. The van der Waals surface area contributed by atoms with E-state index in [0.717, 1.165) is 24.2 Å². The fourth-order valence-corrected chi connectivity index (χ4v) is 3.28. The molecule has 0 bridgehead atoms. The number of likely N-dealkylation sites (N-methyl/N-ethyl adjacent to an activating group) is 1. The van der Waals surface area contributed by atoms with E-state index >= 15 is 0 Å². The van der Waals surface area contributed by atoms with E-state index in [1.54, 1.807) is 6.07 Å². The predicted molar refractivity (Wildman–Crippen MR) is 98.6 cm³/mol. The number of hydrogen-bond acceptors (Lipinski definition) is 6. The second kappa shape index (κ2) is 8.91. The predicted octanol–water partition coefficient (Wildman–Crippen LogP) is 1.24. The zero-order chi connectivity index (χ0) is 19.6. The van der Waals surface area contributed by atoms with Crippen LogP contribution in [0, 0.1) is 17.1 Å². The van der Waals surface area contributed by atoms with Crippen LogP contribution in [-0.4, -0.2) is 48.2 Å². The second-order valence-electron chi connectivity index (χ2n) is 6.40. The van der Waals surface area contributed by atoms with Crippen LogP contribution in [-0.2, 0) is 14.3 Å². The molecular weight excluding hydrogens is 391 g/mol. The highest BCUT2D eigenvalue weighted by atomic mass is 35.5. The summed E-state index contributed by atoms with van der Waals surface area (Å²) in [6, 6.07) is 5.48. The van der Waals surface area contributed by atoms with Gasteiger partial charge in [-0.05, 0) is 43.6 Å². The Kier molecular flexibility index (Phi) is 6.83. The summed E-state index contributed by atoms with van der Waals surface area (Å²) >= 11 is 0. The summed E-state index contributed by atoms with van der Waals surface area (Å²) in [7, 11) is 1.41. The highest BCUT2D eigenvalue weighted by Gasteiger charge is 2.40. The van der Waals surface area contributed by atoms with E-state index in [9.17, 15) is 19.1 Å². The normalized spacial score (nSPS) is 20.1. The Labute approximate surface area is 167 Å². The first-order chi connectivity index (χ1) is 12.9. The Hall–Kier alpha value is -2.83. The van der Waals surface area contributed by atoms with Crippen molar-refractivity contribution in [3.05, 3.63) is 46.6 Å². The van der Waals surface area contributed by atoms with Crippen LogP contribution in [0.5, 0.6) is 0 Å². The summed E-state index contributed by atoms with van der Waals surface area (Å²) in [5.74, 6) is -3.72. The van der Waals surface area contributed by atoms with Crippen molar-refractivity contribution in [2.75, 3.05) is 20.1 Å². The van der Waals surface area contributed by atoms with Gasteiger partial charge in [-0.2, -0.15) is 5.26 Å². The average Bonchev–Trinajstić information content (AvgIpc) is 2.62. The van der Waals surface area contributed by atoms with E-state index in [4.69, 9.17) is 10.00 Å². The van der Waals surface area contributed by atoms with Gasteiger partial charge >= 0.3 is 5.97 Å². The number of amides is 1. The summed E-state index contributed by atoms with van der Waals surface area (Å²) < 4.78 is 20.1. The number of halogens is 2. The molecule has 1 amide bonds. The fraction of sp³-hybridized carbons (Fsp3) is 0.389. The number of hydrazine groups is 1. The molecule has 3 N–H and O–H groups in total. The number of piperidine rings is 1. The highest BCUT2D eigenvalue weighted by Crippen LogP contribution is 2.34. The van der Waals surface area contributed by atoms with Crippen molar-refractivity contribution in [2.24, 2.45) is 0 Å². The Morgan fingerprint density at radius 3 is 2.64 bits per heavy atom. The number of nitriles is 1. The molecule has 1 aromatic rings. The summed E-state index contributed by atoms with van der Waals surface area (Å²) in [5.41, 5.74) is 2.31. The minimum atomic E-state index is -1.26. The van der Waals surface area contributed by atoms with Gasteiger partial charge < -0.3 is 15.2 Å². The number of carboxylic acid groups (broad SMARTS) is 1. The molecular formula is C18H20ClFN4O4. The molecule has 150 valence electrons. The summed E-state index contributed by atoms with van der Waals surface area (Å²) in [6.07, 6.45) is 1.08. The number of ether oxygens (including phenoxy) is 1. The van der Waals surface area contributed by atoms with Crippen LogP contribution in [0.3, 0.4) is 0 Å². The number of carboxylic acids is 1. The first-order valence-corrected chi connectivity index (χ1v) is 8.51. The molecule has 1 aromatic carbocycles. The van der Waals surface area contributed by atoms with Gasteiger partial charge in [0.25, 0.3) is 5.91 Å². The molecule has 2 heterocycles. The number of benzene rings is 1. The maximum Gasteiger partial charge on any atom is 0.357 e. The Morgan fingerprint density at radius 2 is 2.07 bits per heavy atom. The van der Waals surface area contributed by atoms with Gasteiger partial charge in [0.2, 0.25) is 0 Å². The van der Waals surface area contributed by atoms with Crippen molar-refractivity contribution in [3.63, 3.8) is 0 Å². The molecule has 0 spiro atoms. The van der Waals surface area contributed by atoms with Crippen molar-refractivity contribution >= 4 is 24.3 Å². The third-order valence-electron chi connectivity index (χ3n) is 4.60. The van der Waals surface area contributed by atoms with Gasteiger partial charge in [-0.25, -0.2) is 9.18 Å². The molecule has 3 rings (SSSR count). The lowest BCUT2D eigenvalue weighted by Crippen LogP contribution is -2.49. The standard InChI is InChI=1S/C18H19FN4O4.ClH/c1-23-15(18(25)26)16(27-12-4-6-21-7-5-12)14(17(24)22-23)10-2-3-11(9-20)13(19)8-10;/h2-3,8,12,14,21H,4-7H2,1H3,(H,22,24)(H,25,26);1H. The van der Waals surface area contributed by atoms with Crippen LogP contribution in [0.4, 0.5) is 4.39 Å². The van der Waals surface area contributed by atoms with E-state index in [1.807, 2.05) is 0 Å². The molecule has 28 heavy (non-hydrogen) atoms. The zero-order valence-corrected chi connectivity index (χ0v) is 15.9. The number of aliphatic carboxylic acids is 1. The molecule has 1 saturated heterocycles. The van der Waals surface area contributed by atoms with Gasteiger partial charge in [0.15, 0.2) is 5.70 Å². The molecule has 10 heteroatoms. The monoisotopic (exact) mass is 410 g/mol. The van der Waals surface area contributed by atoms with Gasteiger partial charge in [-0.3, -0.25) is 15.2 Å². The van der Waals surface area contributed by atoms with E-state index < -0.39 is 23.6 Å². The van der Waals surface area contributed by atoms with Gasteiger partial charge in [0.05, 0.1) is 5.56 Å². The van der Waals surface area contributed by atoms with E-state index in [-0.39, 0.29) is 41.1 Å². The quantitative estimate of drug-likeness (QED) is 0.684. The van der Waals surface area contributed by atoms with Crippen molar-refractivity contribution < 1.29 is 23.8 Å². The molecule has 0 saturated carbocycles. The zero-order valence-electron chi connectivity index (χ0n) is 15.1. The van der Waals surface area contributed by atoms with Crippen molar-refractivity contribution in [1.29, 1.82) is 5.26 Å². The molecule has 0 aromatic heterocycles. The molecule has 0 aliphatic carbocycles. The lowest BCUT2D eigenvalue weighted by molar-refractivity contribution is -0.138. The lowest BCUT2D eigenvalue weighted by atomic mass is 9.92. The van der Waals surface area contributed by atoms with Crippen LogP contribution >= 0.6 is 12.4 Å². The molecule has 1 fully saturated rings. The second-order valence-corrected chi connectivity index (χ2v) is 6.40. The highest BCUT2D eigenvalue weighted by molar-refractivity contribution is 5.94. The smallest absolute Gasteiger partial charge is 0.357 e. The Bertz CT molecular complexity index is 848. The molecule has 8 nitrogen and oxygen atoms in total. The summed E-state index contributed by atoms with van der Waals surface area (Å²) in [4.78, 5) is 24.4. The van der Waals surface area contributed by atoms with E-state index in [0.29, 0.717) is 12.8 Å². The largest absolute Gasteiger partial charge is 0.491 e. The summed E-state index contributed by atoms with van der Waals surface area (Å²) in [5, 5.41) is 22.8. The lowest BCUT2D eigenvalue weighted by Gasteiger charge is -2.36. The first kappa shape index (κ1) is 21.5. The van der Waals surface area contributed by atoms with Gasteiger partial charge in [0.1, 0.15) is 29.7 Å².